The van der Waals surface area contributed by atoms with Crippen LogP contribution in [0.25, 0.3) is 22.4 Å². The average Bonchev–Trinajstić information content (AvgIpc) is 3.47. The molecule has 0 spiro atoms. The fourth-order valence-electron chi connectivity index (χ4n) is 4.48. The molecule has 1 amide bonds. The Balaban J connectivity index is 1.31. The van der Waals surface area contributed by atoms with Crippen LogP contribution < -0.4 is 5.32 Å². The van der Waals surface area contributed by atoms with E-state index in [0.717, 1.165) is 40.7 Å². The highest BCUT2D eigenvalue weighted by Crippen LogP contribution is 2.40. The van der Waals surface area contributed by atoms with Gasteiger partial charge in [-0.05, 0) is 48.9 Å². The SMILES string of the molecule is COC(=O)c1c(NC(=O)COC(=O)c2ccccc2-c2nc3ccccc3[nH]2)sc2c1CCC(C)C2. The summed E-state index contributed by atoms with van der Waals surface area (Å²) in [4.78, 5) is 46.9. The second-order valence-corrected chi connectivity index (χ2v) is 9.93. The first-order valence-corrected chi connectivity index (χ1v) is 12.5. The van der Waals surface area contributed by atoms with Crippen LogP contribution in [-0.2, 0) is 27.1 Å². The maximum Gasteiger partial charge on any atom is 0.341 e. The number of nitrogens with zero attached hydrogens (tertiary/aromatic N) is 1. The standard InChI is InChI=1S/C27H25N3O5S/c1-15-11-12-18-21(13-15)36-25(23(18)27(33)34-2)30-22(31)14-35-26(32)17-8-4-3-7-16(17)24-28-19-9-5-6-10-20(19)29-24/h3-10,15H,11-14H2,1-2H3,(H,28,29)(H,30,31). The van der Waals surface area contributed by atoms with Gasteiger partial charge in [-0.2, -0.15) is 0 Å². The van der Waals surface area contributed by atoms with Gasteiger partial charge in [0.15, 0.2) is 6.61 Å². The minimum atomic E-state index is -0.645. The molecule has 0 saturated carbocycles. The molecule has 2 aromatic carbocycles. The monoisotopic (exact) mass is 503 g/mol. The molecule has 2 aromatic heterocycles. The minimum Gasteiger partial charge on any atom is -0.465 e. The zero-order chi connectivity index (χ0) is 25.2. The number of aromatic nitrogens is 2. The van der Waals surface area contributed by atoms with E-state index in [2.05, 4.69) is 22.2 Å². The molecule has 184 valence electrons. The van der Waals surface area contributed by atoms with Crippen molar-refractivity contribution in [1.82, 2.24) is 9.97 Å². The van der Waals surface area contributed by atoms with Crippen molar-refractivity contribution in [3.63, 3.8) is 0 Å². The number of methoxy groups -OCH3 is 1. The third kappa shape index (κ3) is 4.61. The van der Waals surface area contributed by atoms with Crippen molar-refractivity contribution < 1.29 is 23.9 Å². The topological polar surface area (TPSA) is 110 Å². The van der Waals surface area contributed by atoms with Gasteiger partial charge in [0.1, 0.15) is 10.8 Å². The molecule has 4 aromatic rings. The number of ether oxygens (including phenoxy) is 2. The minimum absolute atomic E-state index is 0.292. The van der Waals surface area contributed by atoms with Gasteiger partial charge in [-0.3, -0.25) is 4.79 Å². The van der Waals surface area contributed by atoms with E-state index < -0.39 is 24.5 Å². The van der Waals surface area contributed by atoms with Crippen LogP contribution in [-0.4, -0.2) is 41.5 Å². The van der Waals surface area contributed by atoms with Crippen molar-refractivity contribution in [3.8, 4) is 11.4 Å². The van der Waals surface area contributed by atoms with E-state index in [4.69, 9.17) is 9.47 Å². The van der Waals surface area contributed by atoms with E-state index >= 15 is 0 Å². The first-order valence-electron chi connectivity index (χ1n) is 11.7. The molecular weight excluding hydrogens is 478 g/mol. The number of rotatable bonds is 6. The van der Waals surface area contributed by atoms with Crippen LogP contribution in [0.15, 0.2) is 48.5 Å². The van der Waals surface area contributed by atoms with Gasteiger partial charge in [0.2, 0.25) is 0 Å². The first-order chi connectivity index (χ1) is 17.4. The third-order valence-corrected chi connectivity index (χ3v) is 7.45. The Bertz CT molecular complexity index is 1440. The van der Waals surface area contributed by atoms with Crippen LogP contribution in [0.5, 0.6) is 0 Å². The molecule has 0 saturated heterocycles. The van der Waals surface area contributed by atoms with E-state index in [9.17, 15) is 14.4 Å². The van der Waals surface area contributed by atoms with Crippen LogP contribution in [0.1, 0.15) is 44.5 Å². The predicted octanol–water partition coefficient (Wildman–Crippen LogP) is 5.00. The molecule has 1 unspecified atom stereocenters. The number of amides is 1. The van der Waals surface area contributed by atoms with Gasteiger partial charge in [0.05, 0.1) is 29.3 Å². The third-order valence-electron chi connectivity index (χ3n) is 6.28. The molecule has 8 nitrogen and oxygen atoms in total. The molecule has 0 radical (unpaired) electrons. The number of anilines is 1. The number of benzene rings is 2. The van der Waals surface area contributed by atoms with Crippen molar-refractivity contribution in [2.75, 3.05) is 19.0 Å². The second kappa shape index (κ2) is 9.94. The van der Waals surface area contributed by atoms with E-state index in [1.54, 1.807) is 24.3 Å². The predicted molar refractivity (Wildman–Crippen MR) is 137 cm³/mol. The Morgan fingerprint density at radius 1 is 1.11 bits per heavy atom. The van der Waals surface area contributed by atoms with Crippen molar-refractivity contribution >= 4 is 45.2 Å². The zero-order valence-electron chi connectivity index (χ0n) is 19.9. The zero-order valence-corrected chi connectivity index (χ0v) is 20.7. The Kier molecular flexibility index (Phi) is 6.56. The average molecular weight is 504 g/mol. The van der Waals surface area contributed by atoms with E-state index in [0.29, 0.717) is 33.4 Å². The number of carbonyl (C=O) groups is 3. The van der Waals surface area contributed by atoms with Crippen molar-refractivity contribution in [1.29, 1.82) is 0 Å². The van der Waals surface area contributed by atoms with Crippen molar-refractivity contribution in [2.24, 2.45) is 5.92 Å². The normalized spacial score (nSPS) is 14.8. The number of nitrogens with one attached hydrogen (secondary N) is 2. The van der Waals surface area contributed by atoms with Gasteiger partial charge in [-0.1, -0.05) is 37.3 Å². The highest BCUT2D eigenvalue weighted by atomic mass is 32.1. The van der Waals surface area contributed by atoms with E-state index in [1.165, 1.54) is 18.4 Å². The number of hydrogen-bond donors (Lipinski definition) is 2. The summed E-state index contributed by atoms with van der Waals surface area (Å²) >= 11 is 1.38. The fraction of sp³-hybridized carbons (Fsp3) is 0.259. The molecule has 0 bridgehead atoms. The van der Waals surface area contributed by atoms with E-state index in [1.807, 2.05) is 24.3 Å². The number of para-hydroxylation sites is 2. The molecule has 2 heterocycles. The summed E-state index contributed by atoms with van der Waals surface area (Å²) < 4.78 is 10.3. The first kappa shape index (κ1) is 23.7. The summed E-state index contributed by atoms with van der Waals surface area (Å²) in [6.07, 6.45) is 2.59. The number of carbonyl (C=O) groups excluding carboxylic acids is 3. The Morgan fingerprint density at radius 3 is 2.69 bits per heavy atom. The Hall–Kier alpha value is -3.98. The highest BCUT2D eigenvalue weighted by molar-refractivity contribution is 7.17. The number of H-pyrrole nitrogens is 1. The van der Waals surface area contributed by atoms with Gasteiger partial charge >= 0.3 is 11.9 Å². The van der Waals surface area contributed by atoms with Gasteiger partial charge in [-0.15, -0.1) is 11.3 Å². The number of esters is 2. The Morgan fingerprint density at radius 2 is 1.89 bits per heavy atom. The number of aromatic amines is 1. The van der Waals surface area contributed by atoms with E-state index in [-0.39, 0.29) is 0 Å². The number of thiophene rings is 1. The lowest BCUT2D eigenvalue weighted by Crippen LogP contribution is -2.22. The lowest BCUT2D eigenvalue weighted by molar-refractivity contribution is -0.119. The summed E-state index contributed by atoms with van der Waals surface area (Å²) in [5, 5.41) is 3.19. The fourth-order valence-corrected chi connectivity index (χ4v) is 5.89. The van der Waals surface area contributed by atoms with Crippen LogP contribution in [0.3, 0.4) is 0 Å². The van der Waals surface area contributed by atoms with Gasteiger partial charge in [0, 0.05) is 10.4 Å². The molecule has 0 fully saturated rings. The molecule has 1 aliphatic carbocycles. The van der Waals surface area contributed by atoms with Crippen LogP contribution >= 0.6 is 11.3 Å². The molecule has 36 heavy (non-hydrogen) atoms. The van der Waals surface area contributed by atoms with Gasteiger partial charge in [-0.25, -0.2) is 14.6 Å². The van der Waals surface area contributed by atoms with Crippen LogP contribution in [0.4, 0.5) is 5.00 Å². The van der Waals surface area contributed by atoms with Crippen molar-refractivity contribution in [3.05, 3.63) is 70.1 Å². The summed E-state index contributed by atoms with van der Waals surface area (Å²) in [6.45, 7) is 1.67. The summed E-state index contributed by atoms with van der Waals surface area (Å²) in [7, 11) is 1.32. The van der Waals surface area contributed by atoms with Crippen LogP contribution in [0.2, 0.25) is 0 Å². The molecule has 0 aliphatic heterocycles. The molecule has 9 heteroatoms. The smallest absolute Gasteiger partial charge is 0.341 e. The molecular formula is C27H25N3O5S. The summed E-state index contributed by atoms with van der Waals surface area (Å²) in [5.41, 5.74) is 3.85. The number of imidazole rings is 1. The second-order valence-electron chi connectivity index (χ2n) is 8.82. The van der Waals surface area contributed by atoms with Crippen molar-refractivity contribution in [2.45, 2.75) is 26.2 Å². The lowest BCUT2D eigenvalue weighted by Gasteiger charge is -2.18. The Labute approximate surface area is 211 Å². The molecule has 1 atom stereocenters. The summed E-state index contributed by atoms with van der Waals surface area (Å²) in [5.74, 6) is -0.600. The van der Waals surface area contributed by atoms with Crippen LogP contribution in [0, 0.1) is 5.92 Å². The molecule has 5 rings (SSSR count). The number of hydrogen-bond acceptors (Lipinski definition) is 7. The van der Waals surface area contributed by atoms with Gasteiger partial charge in [0.25, 0.3) is 5.91 Å². The largest absolute Gasteiger partial charge is 0.465 e. The summed E-state index contributed by atoms with van der Waals surface area (Å²) in [6, 6.07) is 14.5. The van der Waals surface area contributed by atoms with Gasteiger partial charge < -0.3 is 19.8 Å². The molecule has 1 aliphatic rings. The number of fused-ring (bicyclic) bond motifs is 2. The maximum absolute atomic E-state index is 12.9. The lowest BCUT2D eigenvalue weighted by atomic mass is 9.88. The highest BCUT2D eigenvalue weighted by Gasteiger charge is 2.29. The maximum atomic E-state index is 12.9. The molecule has 2 N–H and O–H groups in total. The quantitative estimate of drug-likeness (QED) is 0.359.